The van der Waals surface area contributed by atoms with Crippen molar-refractivity contribution in [2.24, 2.45) is 5.73 Å². The zero-order valence-electron chi connectivity index (χ0n) is 18.3. The molecule has 10 heteroatoms. The van der Waals surface area contributed by atoms with Gasteiger partial charge in [-0.1, -0.05) is 12.1 Å². The molecule has 1 aromatic carbocycles. The number of aromatic amines is 1. The lowest BCUT2D eigenvalue weighted by Crippen LogP contribution is -2.54. The number of rotatable bonds is 8. The second kappa shape index (κ2) is 10.0. The van der Waals surface area contributed by atoms with Crippen LogP contribution >= 0.6 is 0 Å². The number of pyridine rings is 1. The summed E-state index contributed by atoms with van der Waals surface area (Å²) in [4.78, 5) is 29.6. The third-order valence-electron chi connectivity index (χ3n) is 5.93. The molecule has 2 aliphatic rings. The molecule has 0 saturated carbocycles. The van der Waals surface area contributed by atoms with Crippen molar-refractivity contribution >= 4 is 23.2 Å². The van der Waals surface area contributed by atoms with E-state index in [1.54, 1.807) is 24.4 Å². The number of amidine groups is 1. The number of carbonyl (C=O) groups is 1. The van der Waals surface area contributed by atoms with Gasteiger partial charge in [0.1, 0.15) is 18.9 Å². The zero-order valence-corrected chi connectivity index (χ0v) is 18.3. The monoisotopic (exact) mass is 457 g/mol. The van der Waals surface area contributed by atoms with E-state index in [1.165, 1.54) is 6.07 Å². The van der Waals surface area contributed by atoms with Crippen LogP contribution in [0.15, 0.2) is 41.3 Å². The molecular formula is C23H28FN5O4. The lowest BCUT2D eigenvalue weighted by atomic mass is 10.0. The van der Waals surface area contributed by atoms with E-state index in [-0.39, 0.29) is 42.2 Å². The number of ether oxygens (including phenoxy) is 2. The molecule has 1 aromatic heterocycles. The highest BCUT2D eigenvalue weighted by molar-refractivity contribution is 5.94. The SMILES string of the molecule is N=C(N)CC(=O)OCc1cccc(N2CC(OC3CCN(c4ccc(=O)[nH]c4)CC3)C2)c1F. The maximum atomic E-state index is 14.9. The third kappa shape index (κ3) is 5.70. The Balaban J connectivity index is 1.23. The third-order valence-corrected chi connectivity index (χ3v) is 5.93. The predicted octanol–water partition coefficient (Wildman–Crippen LogP) is 1.76. The summed E-state index contributed by atoms with van der Waals surface area (Å²) < 4.78 is 26.1. The van der Waals surface area contributed by atoms with Gasteiger partial charge in [0.05, 0.1) is 23.6 Å². The zero-order chi connectivity index (χ0) is 23.4. The summed E-state index contributed by atoms with van der Waals surface area (Å²) in [6.07, 6.45) is 3.42. The second-order valence-electron chi connectivity index (χ2n) is 8.37. The summed E-state index contributed by atoms with van der Waals surface area (Å²) in [7, 11) is 0. The molecule has 0 unspecified atom stereocenters. The number of piperidine rings is 1. The molecule has 9 nitrogen and oxygen atoms in total. The normalized spacial score (nSPS) is 17.0. The van der Waals surface area contributed by atoms with Crippen molar-refractivity contribution < 1.29 is 18.7 Å². The van der Waals surface area contributed by atoms with Gasteiger partial charge in [-0.05, 0) is 25.0 Å². The van der Waals surface area contributed by atoms with Crippen LogP contribution in [0.3, 0.4) is 0 Å². The molecule has 0 atom stereocenters. The fourth-order valence-corrected chi connectivity index (χ4v) is 4.13. The molecule has 0 aliphatic carbocycles. The van der Waals surface area contributed by atoms with Crippen molar-refractivity contribution in [1.82, 2.24) is 4.98 Å². The molecule has 2 saturated heterocycles. The summed E-state index contributed by atoms with van der Waals surface area (Å²) in [5, 5.41) is 7.11. The maximum Gasteiger partial charge on any atom is 0.313 e. The van der Waals surface area contributed by atoms with Gasteiger partial charge in [0.25, 0.3) is 0 Å². The number of aromatic nitrogens is 1. The molecule has 2 aromatic rings. The smallest absolute Gasteiger partial charge is 0.313 e. The van der Waals surface area contributed by atoms with Crippen molar-refractivity contribution in [1.29, 1.82) is 5.41 Å². The summed E-state index contributed by atoms with van der Waals surface area (Å²) >= 11 is 0. The average Bonchev–Trinajstić information content (AvgIpc) is 2.76. The standard InChI is InChI=1S/C23H28FN5O4/c24-23-15(14-32-22(31)10-20(25)26)2-1-3-19(23)29-12-18(13-29)33-17-6-8-28(9-7-17)16-4-5-21(30)27-11-16/h1-5,11,17-18H,6-10,12-14H2,(H3,25,26)(H,27,30). The van der Waals surface area contributed by atoms with Crippen LogP contribution in [0.4, 0.5) is 15.8 Å². The van der Waals surface area contributed by atoms with Crippen LogP contribution in [-0.2, 0) is 20.9 Å². The Kier molecular flexibility index (Phi) is 6.93. The number of nitrogens with one attached hydrogen (secondary N) is 2. The van der Waals surface area contributed by atoms with Gasteiger partial charge in [0, 0.05) is 44.0 Å². The van der Waals surface area contributed by atoms with Crippen molar-refractivity contribution in [3.8, 4) is 0 Å². The Morgan fingerprint density at radius 3 is 2.58 bits per heavy atom. The minimum atomic E-state index is -0.656. The van der Waals surface area contributed by atoms with Crippen LogP contribution in [0.25, 0.3) is 0 Å². The number of nitrogens with two attached hydrogens (primary N) is 1. The summed E-state index contributed by atoms with van der Waals surface area (Å²) in [6, 6.07) is 8.37. The van der Waals surface area contributed by atoms with Crippen molar-refractivity contribution in [3.63, 3.8) is 0 Å². The topological polar surface area (TPSA) is 125 Å². The van der Waals surface area contributed by atoms with E-state index < -0.39 is 11.8 Å². The lowest BCUT2D eigenvalue weighted by Gasteiger charge is -2.44. The van der Waals surface area contributed by atoms with Gasteiger partial charge >= 0.3 is 5.97 Å². The number of carbonyl (C=O) groups excluding carboxylic acids is 1. The number of benzene rings is 1. The van der Waals surface area contributed by atoms with Crippen molar-refractivity contribution in [3.05, 3.63) is 58.3 Å². The van der Waals surface area contributed by atoms with Gasteiger partial charge in [-0.3, -0.25) is 15.0 Å². The molecule has 3 heterocycles. The quantitative estimate of drug-likeness (QED) is 0.313. The molecule has 2 fully saturated rings. The summed E-state index contributed by atoms with van der Waals surface area (Å²) in [6.45, 7) is 2.71. The average molecular weight is 458 g/mol. The predicted molar refractivity (Wildman–Crippen MR) is 122 cm³/mol. The van der Waals surface area contributed by atoms with Gasteiger partial charge in [-0.25, -0.2) is 4.39 Å². The van der Waals surface area contributed by atoms with E-state index in [2.05, 4.69) is 9.88 Å². The van der Waals surface area contributed by atoms with Gasteiger partial charge in [-0.15, -0.1) is 0 Å². The van der Waals surface area contributed by atoms with Crippen LogP contribution in [0, 0.1) is 11.2 Å². The summed E-state index contributed by atoms with van der Waals surface area (Å²) in [5.74, 6) is -1.36. The van der Waals surface area contributed by atoms with Crippen molar-refractivity contribution in [2.75, 3.05) is 36.0 Å². The van der Waals surface area contributed by atoms with Crippen LogP contribution in [0.2, 0.25) is 0 Å². The first kappa shape index (κ1) is 22.8. The fraction of sp³-hybridized carbons (Fsp3) is 0.435. The molecule has 4 N–H and O–H groups in total. The molecular weight excluding hydrogens is 429 g/mol. The van der Waals surface area contributed by atoms with Gasteiger partial charge < -0.3 is 30.0 Å². The Labute approximate surface area is 190 Å². The molecule has 0 bridgehead atoms. The van der Waals surface area contributed by atoms with Crippen molar-refractivity contribution in [2.45, 2.75) is 38.1 Å². The molecule has 2 aliphatic heterocycles. The van der Waals surface area contributed by atoms with Gasteiger partial charge in [0.2, 0.25) is 5.56 Å². The van der Waals surface area contributed by atoms with Gasteiger partial charge in [-0.2, -0.15) is 0 Å². The van der Waals surface area contributed by atoms with Crippen LogP contribution < -0.4 is 21.1 Å². The number of H-pyrrole nitrogens is 1. The molecule has 0 spiro atoms. The first-order valence-corrected chi connectivity index (χ1v) is 11.0. The van der Waals surface area contributed by atoms with Crippen LogP contribution in [0.1, 0.15) is 24.8 Å². The van der Waals surface area contributed by atoms with E-state index in [4.69, 9.17) is 20.6 Å². The Morgan fingerprint density at radius 1 is 1.15 bits per heavy atom. The second-order valence-corrected chi connectivity index (χ2v) is 8.37. The Bertz CT molecular complexity index is 1040. The van der Waals surface area contributed by atoms with Crippen LogP contribution in [0.5, 0.6) is 0 Å². The van der Waals surface area contributed by atoms with Gasteiger partial charge in [0.15, 0.2) is 5.82 Å². The molecule has 4 rings (SSSR count). The highest BCUT2D eigenvalue weighted by Crippen LogP contribution is 2.30. The molecule has 0 amide bonds. The molecule has 176 valence electrons. The minimum Gasteiger partial charge on any atom is -0.460 e. The van der Waals surface area contributed by atoms with Crippen LogP contribution in [-0.4, -0.2) is 55.2 Å². The minimum absolute atomic E-state index is 0.0473. The number of esters is 1. The first-order valence-electron chi connectivity index (χ1n) is 11.0. The number of halogens is 1. The Morgan fingerprint density at radius 2 is 1.91 bits per heavy atom. The maximum absolute atomic E-state index is 14.9. The number of nitrogens with zero attached hydrogens (tertiary/aromatic N) is 2. The molecule has 33 heavy (non-hydrogen) atoms. The van der Waals surface area contributed by atoms with E-state index in [9.17, 15) is 14.0 Å². The van der Waals surface area contributed by atoms with E-state index in [0.717, 1.165) is 31.6 Å². The fourth-order valence-electron chi connectivity index (χ4n) is 4.13. The lowest BCUT2D eigenvalue weighted by molar-refractivity contribution is -0.143. The first-order chi connectivity index (χ1) is 15.9. The summed E-state index contributed by atoms with van der Waals surface area (Å²) in [5.41, 5.74) is 6.81. The van der Waals surface area contributed by atoms with E-state index >= 15 is 0 Å². The number of hydrogen-bond donors (Lipinski definition) is 3. The largest absolute Gasteiger partial charge is 0.460 e. The Hall–Kier alpha value is -3.40. The van der Waals surface area contributed by atoms with E-state index in [0.29, 0.717) is 18.8 Å². The van der Waals surface area contributed by atoms with E-state index in [1.807, 2.05) is 11.0 Å². The number of hydrogen-bond acceptors (Lipinski definition) is 7. The number of anilines is 2. The molecule has 0 radical (unpaired) electrons. The highest BCUT2D eigenvalue weighted by Gasteiger charge is 2.33. The highest BCUT2D eigenvalue weighted by atomic mass is 19.1.